The first-order chi connectivity index (χ1) is 15.1. The number of hydrogen-bond acceptors (Lipinski definition) is 6. The van der Waals surface area contributed by atoms with E-state index in [2.05, 4.69) is 36.6 Å². The summed E-state index contributed by atoms with van der Waals surface area (Å²) < 4.78 is 0. The molecule has 172 valence electrons. The Labute approximate surface area is 191 Å². The second-order valence-electron chi connectivity index (χ2n) is 8.54. The van der Waals surface area contributed by atoms with Crippen molar-refractivity contribution in [1.82, 2.24) is 0 Å². The molecule has 1 aromatic carbocycles. The number of phenols is 2. The molecule has 0 heterocycles. The Balaban J connectivity index is 2.41. The smallest absolute Gasteiger partial charge is 0.145 e. The summed E-state index contributed by atoms with van der Waals surface area (Å²) in [5.41, 5.74) is 16.3. The lowest BCUT2D eigenvalue weighted by molar-refractivity contribution is 0.446. The second-order valence-corrected chi connectivity index (χ2v) is 8.54. The summed E-state index contributed by atoms with van der Waals surface area (Å²) in [5, 5.41) is 27.9. The van der Waals surface area contributed by atoms with E-state index in [1.807, 2.05) is 38.2 Å². The van der Waals surface area contributed by atoms with E-state index >= 15 is 0 Å². The number of anilines is 2. The van der Waals surface area contributed by atoms with Gasteiger partial charge in [-0.2, -0.15) is 0 Å². The third kappa shape index (κ3) is 6.74. The van der Waals surface area contributed by atoms with Crippen molar-refractivity contribution in [3.8, 4) is 11.5 Å². The van der Waals surface area contributed by atoms with Crippen molar-refractivity contribution in [1.29, 1.82) is 0 Å². The standard InChI is InChI=1S/C26H36N4O2/c1-6-8-18(27)10-12-20(9-7-2)29-22-14-23(25(32)17(3)24(22)31)30-21-13-11-19(28)15-26(4,5)16-21/h6-10,12,14-16,29-32H,11,13,27-28H2,1-5H3/b8-6-,9-7+,18-10+,20-12+. The lowest BCUT2D eigenvalue weighted by atomic mass is 9.92. The molecule has 8 N–H and O–H groups in total. The van der Waals surface area contributed by atoms with Crippen LogP contribution in [0.25, 0.3) is 0 Å². The molecule has 0 amide bonds. The molecule has 0 unspecified atom stereocenters. The van der Waals surface area contributed by atoms with Crippen LogP contribution in [0.15, 0.2) is 77.5 Å². The molecule has 0 spiro atoms. The first kappa shape index (κ1) is 24.7. The van der Waals surface area contributed by atoms with E-state index in [9.17, 15) is 10.2 Å². The van der Waals surface area contributed by atoms with Crippen LogP contribution >= 0.6 is 0 Å². The molecular weight excluding hydrogens is 400 g/mol. The summed E-state index contributed by atoms with van der Waals surface area (Å²) in [6.07, 6.45) is 16.7. The fourth-order valence-electron chi connectivity index (χ4n) is 3.56. The molecule has 0 aromatic heterocycles. The first-order valence-corrected chi connectivity index (χ1v) is 10.8. The molecule has 0 saturated carbocycles. The summed E-state index contributed by atoms with van der Waals surface area (Å²) in [6, 6.07) is 1.70. The summed E-state index contributed by atoms with van der Waals surface area (Å²) in [5.74, 6) is -0.0133. The Morgan fingerprint density at radius 1 is 1.00 bits per heavy atom. The molecule has 6 heteroatoms. The quantitative estimate of drug-likeness (QED) is 0.187. The summed E-state index contributed by atoms with van der Waals surface area (Å²) >= 11 is 0. The summed E-state index contributed by atoms with van der Waals surface area (Å²) in [7, 11) is 0. The van der Waals surface area contributed by atoms with Crippen molar-refractivity contribution >= 4 is 11.4 Å². The topological polar surface area (TPSA) is 117 Å². The number of nitrogens with two attached hydrogens (primary N) is 2. The average Bonchev–Trinajstić information content (AvgIpc) is 2.84. The van der Waals surface area contributed by atoms with E-state index in [0.717, 1.165) is 29.9 Å². The minimum Gasteiger partial charge on any atom is -0.505 e. The Morgan fingerprint density at radius 2 is 1.66 bits per heavy atom. The highest BCUT2D eigenvalue weighted by atomic mass is 16.3. The molecule has 2 rings (SSSR count). The Bertz CT molecular complexity index is 1020. The molecule has 0 aliphatic heterocycles. The van der Waals surface area contributed by atoms with Crippen LogP contribution in [-0.2, 0) is 0 Å². The SMILES string of the molecule is C\C=C/C(N)=C\C=C(/C=C/C)Nc1cc(NC2=CC(C)(C)C=C(N)CC2)c(O)c(C)c1O. The van der Waals surface area contributed by atoms with Crippen molar-refractivity contribution < 1.29 is 10.2 Å². The van der Waals surface area contributed by atoms with Gasteiger partial charge in [0.1, 0.15) is 11.5 Å². The van der Waals surface area contributed by atoms with Gasteiger partial charge in [-0.05, 0) is 64.0 Å². The zero-order chi connectivity index (χ0) is 23.9. The lowest BCUT2D eigenvalue weighted by Crippen LogP contribution is -2.08. The Morgan fingerprint density at radius 3 is 2.31 bits per heavy atom. The average molecular weight is 437 g/mol. The number of rotatable bonds is 7. The van der Waals surface area contributed by atoms with Gasteiger partial charge in [0.2, 0.25) is 0 Å². The van der Waals surface area contributed by atoms with Gasteiger partial charge in [-0.1, -0.05) is 38.2 Å². The minimum atomic E-state index is -0.202. The van der Waals surface area contributed by atoms with Crippen LogP contribution in [0.4, 0.5) is 11.4 Å². The molecule has 32 heavy (non-hydrogen) atoms. The van der Waals surface area contributed by atoms with E-state index in [-0.39, 0.29) is 16.9 Å². The third-order valence-electron chi connectivity index (χ3n) is 5.03. The van der Waals surface area contributed by atoms with Gasteiger partial charge in [-0.15, -0.1) is 0 Å². The van der Waals surface area contributed by atoms with Gasteiger partial charge in [0, 0.05) is 33.8 Å². The van der Waals surface area contributed by atoms with Crippen LogP contribution in [0.2, 0.25) is 0 Å². The maximum atomic E-state index is 10.7. The van der Waals surface area contributed by atoms with E-state index in [1.54, 1.807) is 25.1 Å². The van der Waals surface area contributed by atoms with Gasteiger partial charge >= 0.3 is 0 Å². The zero-order valence-electron chi connectivity index (χ0n) is 19.7. The Kier molecular flexibility index (Phi) is 8.24. The van der Waals surface area contributed by atoms with Gasteiger partial charge < -0.3 is 32.3 Å². The maximum Gasteiger partial charge on any atom is 0.145 e. The van der Waals surface area contributed by atoms with Gasteiger partial charge in [-0.3, -0.25) is 0 Å². The number of nitrogens with one attached hydrogen (secondary N) is 2. The van der Waals surface area contributed by atoms with Crippen molar-refractivity contribution in [2.24, 2.45) is 16.9 Å². The maximum absolute atomic E-state index is 10.7. The Hall–Kier alpha value is -3.54. The van der Waals surface area contributed by atoms with Crippen LogP contribution in [0.1, 0.15) is 46.1 Å². The molecule has 1 aliphatic rings. The van der Waals surface area contributed by atoms with Crippen LogP contribution in [0.3, 0.4) is 0 Å². The van der Waals surface area contributed by atoms with E-state index in [1.165, 1.54) is 0 Å². The lowest BCUT2D eigenvalue weighted by Gasteiger charge is -2.20. The monoisotopic (exact) mass is 436 g/mol. The van der Waals surface area contributed by atoms with Crippen LogP contribution in [0, 0.1) is 12.3 Å². The molecule has 0 radical (unpaired) electrons. The molecule has 0 fully saturated rings. The minimum absolute atomic E-state index is 0.00530. The normalized spacial score (nSPS) is 17.3. The predicted octanol–water partition coefficient (Wildman–Crippen LogP) is 5.66. The van der Waals surface area contributed by atoms with Crippen LogP contribution < -0.4 is 22.1 Å². The zero-order valence-corrected chi connectivity index (χ0v) is 19.7. The third-order valence-corrected chi connectivity index (χ3v) is 5.03. The molecule has 0 bridgehead atoms. The van der Waals surface area contributed by atoms with E-state index < -0.39 is 0 Å². The highest BCUT2D eigenvalue weighted by Gasteiger charge is 2.20. The predicted molar refractivity (Wildman–Crippen MR) is 135 cm³/mol. The summed E-state index contributed by atoms with van der Waals surface area (Å²) in [6.45, 7) is 9.65. The van der Waals surface area contributed by atoms with Crippen molar-refractivity contribution in [2.45, 2.75) is 47.5 Å². The molecule has 1 aromatic rings. The highest BCUT2D eigenvalue weighted by Crippen LogP contribution is 2.42. The number of aromatic hydroxyl groups is 2. The molecule has 6 nitrogen and oxygen atoms in total. The summed E-state index contributed by atoms with van der Waals surface area (Å²) in [4.78, 5) is 0. The van der Waals surface area contributed by atoms with Crippen molar-refractivity contribution in [3.63, 3.8) is 0 Å². The van der Waals surface area contributed by atoms with Gasteiger partial charge in [0.25, 0.3) is 0 Å². The van der Waals surface area contributed by atoms with E-state index in [0.29, 0.717) is 22.6 Å². The number of allylic oxidation sites excluding steroid dienone is 10. The fourth-order valence-corrected chi connectivity index (χ4v) is 3.56. The van der Waals surface area contributed by atoms with Crippen molar-refractivity contribution in [3.05, 3.63) is 83.0 Å². The largest absolute Gasteiger partial charge is 0.505 e. The van der Waals surface area contributed by atoms with Crippen molar-refractivity contribution in [2.75, 3.05) is 10.6 Å². The molecular formula is C26H36N4O2. The number of phenolic OH excluding ortho intramolecular Hbond substituents is 2. The number of hydrogen-bond donors (Lipinski definition) is 6. The molecule has 1 aliphatic carbocycles. The fraction of sp³-hybridized carbons (Fsp3) is 0.308. The number of benzene rings is 1. The van der Waals surface area contributed by atoms with Crippen LogP contribution in [0.5, 0.6) is 11.5 Å². The van der Waals surface area contributed by atoms with Gasteiger partial charge in [0.15, 0.2) is 0 Å². The first-order valence-electron chi connectivity index (χ1n) is 10.8. The molecule has 0 atom stereocenters. The molecule has 0 saturated heterocycles. The second kappa shape index (κ2) is 10.7. The van der Waals surface area contributed by atoms with E-state index in [4.69, 9.17) is 11.5 Å². The van der Waals surface area contributed by atoms with Gasteiger partial charge in [-0.25, -0.2) is 0 Å². The van der Waals surface area contributed by atoms with Crippen LogP contribution in [-0.4, -0.2) is 10.2 Å². The van der Waals surface area contributed by atoms with Gasteiger partial charge in [0.05, 0.1) is 11.4 Å². The highest BCUT2D eigenvalue weighted by molar-refractivity contribution is 5.77.